The topological polar surface area (TPSA) is 113 Å². The molecule has 28 heavy (non-hydrogen) atoms. The highest BCUT2D eigenvalue weighted by Crippen LogP contribution is 2.26. The van der Waals surface area contributed by atoms with Gasteiger partial charge in [0.05, 0.1) is 5.69 Å². The van der Waals surface area contributed by atoms with Gasteiger partial charge in [-0.3, -0.25) is 10.1 Å². The van der Waals surface area contributed by atoms with Crippen LogP contribution in [0, 0.1) is 5.92 Å². The molecule has 1 unspecified atom stereocenters. The Bertz CT molecular complexity index is 843. The largest absolute Gasteiger partial charge is 0.481 e. The second-order valence-corrected chi connectivity index (χ2v) is 8.11. The number of nitrogens with one attached hydrogen (secondary N) is 1. The van der Waals surface area contributed by atoms with E-state index in [1.165, 1.54) is 4.68 Å². The summed E-state index contributed by atoms with van der Waals surface area (Å²) < 4.78 is 1.52. The molecule has 0 aliphatic carbocycles. The van der Waals surface area contributed by atoms with Gasteiger partial charge in [0, 0.05) is 43.4 Å². The zero-order valence-corrected chi connectivity index (χ0v) is 16.4. The number of likely N-dealkylation sites (tertiary alicyclic amines) is 1. The van der Waals surface area contributed by atoms with Crippen molar-refractivity contribution >= 4 is 17.8 Å². The first kappa shape index (κ1) is 19.8. The third kappa shape index (κ3) is 4.65. The molecule has 2 amide bonds. The predicted octanol–water partition coefficient (Wildman–Crippen LogP) is 2.68. The number of piperidine rings is 1. The summed E-state index contributed by atoms with van der Waals surface area (Å²) in [6.07, 6.45) is 4.93. The monoisotopic (exact) mass is 386 g/mol. The quantitative estimate of drug-likeness (QED) is 0.835. The van der Waals surface area contributed by atoms with Gasteiger partial charge in [-0.15, -0.1) is 0 Å². The Morgan fingerprint density at radius 3 is 2.64 bits per heavy atom. The van der Waals surface area contributed by atoms with E-state index in [4.69, 9.17) is 5.11 Å². The number of carbonyl (C=O) groups excluding carboxylic acids is 1. The van der Waals surface area contributed by atoms with Crippen LogP contribution in [0.3, 0.4) is 0 Å². The van der Waals surface area contributed by atoms with Crippen molar-refractivity contribution in [3.63, 3.8) is 0 Å². The maximum absolute atomic E-state index is 12.8. The van der Waals surface area contributed by atoms with Gasteiger partial charge in [-0.1, -0.05) is 20.8 Å². The lowest BCUT2D eigenvalue weighted by molar-refractivity contribution is -0.138. The summed E-state index contributed by atoms with van der Waals surface area (Å²) in [7, 11) is 0. The summed E-state index contributed by atoms with van der Waals surface area (Å²) in [5, 5.41) is 16.5. The van der Waals surface area contributed by atoms with Crippen molar-refractivity contribution in [2.24, 2.45) is 5.92 Å². The molecule has 9 heteroatoms. The fourth-order valence-corrected chi connectivity index (χ4v) is 3.24. The first-order chi connectivity index (χ1) is 13.2. The van der Waals surface area contributed by atoms with E-state index in [1.807, 2.05) is 26.8 Å². The van der Waals surface area contributed by atoms with Crippen LogP contribution in [0.15, 0.2) is 24.5 Å². The second kappa shape index (κ2) is 7.95. The highest BCUT2D eigenvalue weighted by Gasteiger charge is 2.27. The number of aliphatic carboxylic acids is 1. The van der Waals surface area contributed by atoms with Gasteiger partial charge >= 0.3 is 12.0 Å². The molecular weight excluding hydrogens is 360 g/mol. The lowest BCUT2D eigenvalue weighted by Gasteiger charge is -2.32. The molecule has 1 saturated heterocycles. The van der Waals surface area contributed by atoms with Crippen LogP contribution >= 0.6 is 0 Å². The number of aromatic nitrogens is 4. The summed E-state index contributed by atoms with van der Waals surface area (Å²) in [5.74, 6) is 0.00284. The van der Waals surface area contributed by atoms with Crippen molar-refractivity contribution in [2.75, 3.05) is 18.4 Å². The van der Waals surface area contributed by atoms with E-state index < -0.39 is 5.97 Å². The van der Waals surface area contributed by atoms with Crippen molar-refractivity contribution < 1.29 is 14.7 Å². The van der Waals surface area contributed by atoms with Gasteiger partial charge in [0.15, 0.2) is 0 Å². The molecule has 0 bridgehead atoms. The summed E-state index contributed by atoms with van der Waals surface area (Å²) in [4.78, 5) is 33.9. The predicted molar refractivity (Wildman–Crippen MR) is 103 cm³/mol. The molecular formula is C19H26N6O3. The van der Waals surface area contributed by atoms with Gasteiger partial charge in [0.25, 0.3) is 5.95 Å². The molecule has 2 N–H and O–H groups in total. The van der Waals surface area contributed by atoms with Gasteiger partial charge < -0.3 is 10.0 Å². The van der Waals surface area contributed by atoms with Crippen LogP contribution in [0.2, 0.25) is 0 Å². The third-order valence-electron chi connectivity index (χ3n) is 4.72. The number of anilines is 1. The molecule has 0 spiro atoms. The smallest absolute Gasteiger partial charge is 0.323 e. The Labute approximate surface area is 163 Å². The van der Waals surface area contributed by atoms with Gasteiger partial charge in [0.2, 0.25) is 0 Å². The van der Waals surface area contributed by atoms with E-state index in [0.717, 1.165) is 18.5 Å². The van der Waals surface area contributed by atoms with Crippen LogP contribution in [-0.4, -0.2) is 54.8 Å². The fraction of sp³-hybridized carbons (Fsp3) is 0.526. The summed E-state index contributed by atoms with van der Waals surface area (Å²) in [6, 6.07) is 3.27. The van der Waals surface area contributed by atoms with Crippen molar-refractivity contribution in [3.8, 4) is 5.95 Å². The van der Waals surface area contributed by atoms with E-state index in [9.17, 15) is 9.59 Å². The Morgan fingerprint density at radius 2 is 2.00 bits per heavy atom. The first-order valence-electron chi connectivity index (χ1n) is 9.39. The molecule has 150 valence electrons. The number of carboxylic acid groups (broad SMARTS) is 1. The standard InChI is InChI=1S/C19H26N6O3/c1-19(2,3)14-11-15(25(23-14)17-20-7-5-8-21-17)22-18(28)24-9-4-6-13(12-24)10-16(26)27/h5,7-8,11,13H,4,6,9-10,12H2,1-3H3,(H,22,28)(H,26,27). The van der Waals surface area contributed by atoms with Crippen molar-refractivity contribution in [3.05, 3.63) is 30.2 Å². The van der Waals surface area contributed by atoms with Gasteiger partial charge in [0.1, 0.15) is 5.82 Å². The highest BCUT2D eigenvalue weighted by molar-refractivity contribution is 5.89. The number of amides is 2. The summed E-state index contributed by atoms with van der Waals surface area (Å²) in [5.41, 5.74) is 0.592. The average Bonchev–Trinajstić information content (AvgIpc) is 3.06. The molecule has 2 aromatic rings. The van der Waals surface area contributed by atoms with Crippen LogP contribution in [-0.2, 0) is 10.2 Å². The third-order valence-corrected chi connectivity index (χ3v) is 4.72. The minimum atomic E-state index is -0.832. The maximum Gasteiger partial charge on any atom is 0.323 e. The molecule has 0 saturated carbocycles. The first-order valence-corrected chi connectivity index (χ1v) is 9.39. The van der Waals surface area contributed by atoms with Crippen molar-refractivity contribution in [1.29, 1.82) is 0 Å². The molecule has 3 heterocycles. The maximum atomic E-state index is 12.8. The minimum Gasteiger partial charge on any atom is -0.481 e. The zero-order chi connectivity index (χ0) is 20.3. The van der Waals surface area contributed by atoms with E-state index in [-0.39, 0.29) is 23.8 Å². The molecule has 1 fully saturated rings. The van der Waals surface area contributed by atoms with Crippen LogP contribution in [0.25, 0.3) is 5.95 Å². The van der Waals surface area contributed by atoms with Crippen LogP contribution in [0.1, 0.15) is 45.7 Å². The number of urea groups is 1. The van der Waals surface area contributed by atoms with Gasteiger partial charge in [-0.25, -0.2) is 14.8 Å². The molecule has 0 aromatic carbocycles. The van der Waals surface area contributed by atoms with Crippen LogP contribution in [0.5, 0.6) is 0 Å². The van der Waals surface area contributed by atoms with E-state index in [1.54, 1.807) is 23.4 Å². The lowest BCUT2D eigenvalue weighted by Crippen LogP contribution is -2.43. The SMILES string of the molecule is CC(C)(C)c1cc(NC(=O)N2CCCC(CC(=O)O)C2)n(-c2ncccn2)n1. The van der Waals surface area contributed by atoms with E-state index in [2.05, 4.69) is 20.4 Å². The summed E-state index contributed by atoms with van der Waals surface area (Å²) >= 11 is 0. The number of carbonyl (C=O) groups is 2. The number of hydrogen-bond donors (Lipinski definition) is 2. The Morgan fingerprint density at radius 1 is 1.29 bits per heavy atom. The van der Waals surface area contributed by atoms with E-state index in [0.29, 0.717) is 24.9 Å². The Kier molecular flexibility index (Phi) is 5.62. The molecule has 9 nitrogen and oxygen atoms in total. The Hall–Kier alpha value is -2.97. The fourth-order valence-electron chi connectivity index (χ4n) is 3.24. The molecule has 1 atom stereocenters. The molecule has 1 aliphatic heterocycles. The number of nitrogens with zero attached hydrogens (tertiary/aromatic N) is 5. The summed E-state index contributed by atoms with van der Waals surface area (Å²) in [6.45, 7) is 7.15. The van der Waals surface area contributed by atoms with E-state index >= 15 is 0 Å². The lowest BCUT2D eigenvalue weighted by atomic mass is 9.92. The molecule has 3 rings (SSSR count). The van der Waals surface area contributed by atoms with Crippen molar-refractivity contribution in [1.82, 2.24) is 24.6 Å². The molecule has 1 aliphatic rings. The Balaban J connectivity index is 1.82. The number of hydrogen-bond acceptors (Lipinski definition) is 5. The van der Waals surface area contributed by atoms with Crippen molar-refractivity contribution in [2.45, 2.75) is 45.4 Å². The molecule has 2 aromatic heterocycles. The van der Waals surface area contributed by atoms with Gasteiger partial charge in [-0.2, -0.15) is 9.78 Å². The number of rotatable bonds is 4. The van der Waals surface area contributed by atoms with Gasteiger partial charge in [-0.05, 0) is 24.8 Å². The van der Waals surface area contributed by atoms with Crippen LogP contribution < -0.4 is 5.32 Å². The second-order valence-electron chi connectivity index (χ2n) is 8.11. The minimum absolute atomic E-state index is 0.0236. The highest BCUT2D eigenvalue weighted by atomic mass is 16.4. The average molecular weight is 386 g/mol. The normalized spacial score (nSPS) is 17.4. The molecule has 0 radical (unpaired) electrons. The number of carboxylic acids is 1. The zero-order valence-electron chi connectivity index (χ0n) is 16.4. The van der Waals surface area contributed by atoms with Crippen LogP contribution in [0.4, 0.5) is 10.6 Å².